The predicted molar refractivity (Wildman–Crippen MR) is 107 cm³/mol. The van der Waals surface area contributed by atoms with E-state index in [1.807, 2.05) is 31.3 Å². The van der Waals surface area contributed by atoms with Crippen molar-refractivity contribution in [2.45, 2.75) is 58.7 Å². The number of hydrogen-bond acceptors (Lipinski definition) is 4. The lowest BCUT2D eigenvalue weighted by Crippen LogP contribution is -2.22. The first-order valence-electron chi connectivity index (χ1n) is 9.69. The highest BCUT2D eigenvalue weighted by atomic mass is 15.1. The molecule has 0 atom stereocenters. The number of nitrogens with one attached hydrogen (secondary N) is 1. The molecule has 0 spiro atoms. The number of pyridine rings is 2. The van der Waals surface area contributed by atoms with Crippen LogP contribution in [0.2, 0.25) is 0 Å². The maximum absolute atomic E-state index is 9.91. The standard InChI is InChI=1S/C22H25N5/c1-14(2)24-13-17-9-8-16(12-25-17)21-20(11-23)19-10-7-15(3)26-22(19)27(21)18-5-4-6-18/h7-10,12,14,18,24H,4-6,13H2,1-3H3. The van der Waals surface area contributed by atoms with Crippen LogP contribution in [0.1, 0.15) is 56.1 Å². The molecule has 3 aromatic rings. The minimum atomic E-state index is 0.418. The van der Waals surface area contributed by atoms with Crippen LogP contribution in [0.5, 0.6) is 0 Å². The lowest BCUT2D eigenvalue weighted by molar-refractivity contribution is 0.323. The van der Waals surface area contributed by atoms with E-state index in [1.54, 1.807) is 0 Å². The molecule has 0 aliphatic heterocycles. The average molecular weight is 359 g/mol. The van der Waals surface area contributed by atoms with E-state index >= 15 is 0 Å². The molecule has 27 heavy (non-hydrogen) atoms. The second-order valence-electron chi connectivity index (χ2n) is 7.69. The quantitative estimate of drug-likeness (QED) is 0.728. The molecular weight excluding hydrogens is 334 g/mol. The monoisotopic (exact) mass is 359 g/mol. The van der Waals surface area contributed by atoms with Gasteiger partial charge in [-0.15, -0.1) is 0 Å². The average Bonchev–Trinajstić information content (AvgIpc) is 2.92. The molecule has 138 valence electrons. The number of aryl methyl sites for hydroxylation is 1. The Morgan fingerprint density at radius 1 is 1.26 bits per heavy atom. The van der Waals surface area contributed by atoms with Gasteiger partial charge in [-0.2, -0.15) is 5.26 Å². The summed E-state index contributed by atoms with van der Waals surface area (Å²) < 4.78 is 2.29. The fourth-order valence-corrected chi connectivity index (χ4v) is 3.65. The van der Waals surface area contributed by atoms with Gasteiger partial charge < -0.3 is 9.88 Å². The van der Waals surface area contributed by atoms with Gasteiger partial charge in [-0.3, -0.25) is 4.98 Å². The number of aromatic nitrogens is 3. The molecule has 1 fully saturated rings. The molecule has 1 N–H and O–H groups in total. The Kier molecular flexibility index (Phi) is 4.67. The minimum absolute atomic E-state index is 0.418. The largest absolute Gasteiger partial charge is 0.321 e. The number of hydrogen-bond donors (Lipinski definition) is 1. The van der Waals surface area contributed by atoms with Crippen LogP contribution >= 0.6 is 0 Å². The molecule has 0 amide bonds. The summed E-state index contributed by atoms with van der Waals surface area (Å²) in [5.74, 6) is 0. The summed E-state index contributed by atoms with van der Waals surface area (Å²) in [5, 5.41) is 14.2. The van der Waals surface area contributed by atoms with Crippen molar-refractivity contribution in [2.24, 2.45) is 0 Å². The molecule has 5 heteroatoms. The van der Waals surface area contributed by atoms with Gasteiger partial charge in [-0.1, -0.05) is 13.8 Å². The van der Waals surface area contributed by atoms with Gasteiger partial charge in [0.15, 0.2) is 0 Å². The van der Waals surface area contributed by atoms with E-state index in [0.717, 1.165) is 53.1 Å². The summed E-state index contributed by atoms with van der Waals surface area (Å²) in [6, 6.07) is 11.4. The van der Waals surface area contributed by atoms with Crippen molar-refractivity contribution in [1.29, 1.82) is 5.26 Å². The number of nitrogens with zero attached hydrogens (tertiary/aromatic N) is 4. The lowest BCUT2D eigenvalue weighted by Gasteiger charge is -2.29. The molecule has 1 aliphatic rings. The van der Waals surface area contributed by atoms with Gasteiger partial charge >= 0.3 is 0 Å². The van der Waals surface area contributed by atoms with Crippen molar-refractivity contribution in [3.05, 3.63) is 47.4 Å². The third kappa shape index (κ3) is 3.22. The van der Waals surface area contributed by atoms with Crippen LogP contribution in [0.15, 0.2) is 30.5 Å². The van der Waals surface area contributed by atoms with Crippen molar-refractivity contribution in [3.63, 3.8) is 0 Å². The maximum Gasteiger partial charge on any atom is 0.142 e. The third-order valence-electron chi connectivity index (χ3n) is 5.33. The zero-order valence-electron chi connectivity index (χ0n) is 16.2. The second kappa shape index (κ2) is 7.13. The zero-order valence-corrected chi connectivity index (χ0v) is 16.2. The highest BCUT2D eigenvalue weighted by Gasteiger charge is 2.28. The van der Waals surface area contributed by atoms with E-state index in [9.17, 15) is 5.26 Å². The van der Waals surface area contributed by atoms with Crippen molar-refractivity contribution in [3.8, 4) is 17.3 Å². The van der Waals surface area contributed by atoms with E-state index < -0.39 is 0 Å². The second-order valence-corrected chi connectivity index (χ2v) is 7.69. The van der Waals surface area contributed by atoms with Gasteiger partial charge in [-0.05, 0) is 50.5 Å². The first kappa shape index (κ1) is 17.7. The number of rotatable bonds is 5. The molecule has 1 saturated carbocycles. The smallest absolute Gasteiger partial charge is 0.142 e. The van der Waals surface area contributed by atoms with Crippen molar-refractivity contribution in [1.82, 2.24) is 19.9 Å². The number of fused-ring (bicyclic) bond motifs is 1. The molecule has 0 unspecified atom stereocenters. The lowest BCUT2D eigenvalue weighted by atomic mass is 9.92. The normalized spacial score (nSPS) is 14.5. The van der Waals surface area contributed by atoms with Crippen molar-refractivity contribution in [2.75, 3.05) is 0 Å². The Bertz CT molecular complexity index is 1000. The zero-order chi connectivity index (χ0) is 19.0. The molecule has 1 aliphatic carbocycles. The van der Waals surface area contributed by atoms with Gasteiger partial charge in [0, 0.05) is 41.5 Å². The molecule has 0 saturated heterocycles. The molecule has 5 nitrogen and oxygen atoms in total. The Hall–Kier alpha value is -2.71. The van der Waals surface area contributed by atoms with Crippen LogP contribution in [0, 0.1) is 18.3 Å². The first-order valence-corrected chi connectivity index (χ1v) is 9.69. The Morgan fingerprint density at radius 2 is 2.07 bits per heavy atom. The summed E-state index contributed by atoms with van der Waals surface area (Å²) in [7, 11) is 0. The number of nitriles is 1. The van der Waals surface area contributed by atoms with Gasteiger partial charge in [0.05, 0.1) is 17.0 Å². The van der Waals surface area contributed by atoms with Crippen LogP contribution in [-0.2, 0) is 6.54 Å². The molecule has 3 aromatic heterocycles. The van der Waals surface area contributed by atoms with Crippen LogP contribution in [0.4, 0.5) is 0 Å². The molecular formula is C22H25N5. The van der Waals surface area contributed by atoms with E-state index in [-0.39, 0.29) is 0 Å². The van der Waals surface area contributed by atoms with Crippen LogP contribution in [0.25, 0.3) is 22.3 Å². The Morgan fingerprint density at radius 3 is 2.67 bits per heavy atom. The summed E-state index contributed by atoms with van der Waals surface area (Å²) in [6.45, 7) is 7.00. The van der Waals surface area contributed by atoms with E-state index in [1.165, 1.54) is 6.42 Å². The SMILES string of the molecule is Cc1ccc2c(C#N)c(-c3ccc(CNC(C)C)nc3)n(C3CCC3)c2n1. The fourth-order valence-electron chi connectivity index (χ4n) is 3.65. The predicted octanol–water partition coefficient (Wildman–Crippen LogP) is 4.50. The van der Waals surface area contributed by atoms with E-state index in [0.29, 0.717) is 17.6 Å². The molecule has 0 radical (unpaired) electrons. The van der Waals surface area contributed by atoms with Crippen LogP contribution < -0.4 is 5.32 Å². The van der Waals surface area contributed by atoms with Gasteiger partial charge in [0.1, 0.15) is 11.7 Å². The summed E-state index contributed by atoms with van der Waals surface area (Å²) in [4.78, 5) is 9.41. The topological polar surface area (TPSA) is 66.5 Å². The molecule has 4 rings (SSSR count). The highest BCUT2D eigenvalue weighted by molar-refractivity contribution is 5.92. The van der Waals surface area contributed by atoms with Gasteiger partial charge in [-0.25, -0.2) is 4.98 Å². The van der Waals surface area contributed by atoms with E-state index in [2.05, 4.69) is 40.9 Å². The van der Waals surface area contributed by atoms with Gasteiger partial charge in [0.2, 0.25) is 0 Å². The van der Waals surface area contributed by atoms with Crippen molar-refractivity contribution < 1.29 is 0 Å². The Balaban J connectivity index is 1.84. The highest BCUT2D eigenvalue weighted by Crippen LogP contribution is 2.41. The van der Waals surface area contributed by atoms with Crippen LogP contribution in [-0.4, -0.2) is 20.6 Å². The molecule has 0 aromatic carbocycles. The van der Waals surface area contributed by atoms with Crippen molar-refractivity contribution >= 4 is 11.0 Å². The fraction of sp³-hybridized carbons (Fsp3) is 0.409. The molecule has 0 bridgehead atoms. The summed E-state index contributed by atoms with van der Waals surface area (Å²) >= 11 is 0. The van der Waals surface area contributed by atoms with Crippen LogP contribution in [0.3, 0.4) is 0 Å². The summed E-state index contributed by atoms with van der Waals surface area (Å²) in [5.41, 5.74) is 5.57. The maximum atomic E-state index is 9.91. The first-order chi connectivity index (χ1) is 13.1. The minimum Gasteiger partial charge on any atom is -0.321 e. The molecule has 3 heterocycles. The van der Waals surface area contributed by atoms with E-state index in [4.69, 9.17) is 4.98 Å². The summed E-state index contributed by atoms with van der Waals surface area (Å²) in [6.07, 6.45) is 5.41. The Labute approximate surface area is 160 Å². The third-order valence-corrected chi connectivity index (χ3v) is 5.33. The van der Waals surface area contributed by atoms with Gasteiger partial charge in [0.25, 0.3) is 0 Å².